The Balaban J connectivity index is 2.14. The predicted octanol–water partition coefficient (Wildman–Crippen LogP) is 0.908. The highest BCUT2D eigenvalue weighted by Gasteiger charge is 2.26. The van der Waals surface area contributed by atoms with Gasteiger partial charge >= 0.3 is 5.97 Å². The molecule has 0 bridgehead atoms. The van der Waals surface area contributed by atoms with E-state index >= 15 is 0 Å². The SMILES string of the molecule is CCC(=O)OCC(=O)Nc1cc(S(=O)(=O)N2CCOCC2)ccc1C. The molecule has 1 aliphatic rings. The van der Waals surface area contributed by atoms with E-state index in [1.807, 2.05) is 0 Å². The Hall–Kier alpha value is -1.97. The maximum atomic E-state index is 12.7. The molecule has 1 aromatic rings. The summed E-state index contributed by atoms with van der Waals surface area (Å²) in [6.45, 7) is 4.28. The Labute approximate surface area is 147 Å². The highest BCUT2D eigenvalue weighted by atomic mass is 32.2. The monoisotopic (exact) mass is 370 g/mol. The summed E-state index contributed by atoms with van der Waals surface area (Å²) in [6.07, 6.45) is 0.180. The third-order valence-corrected chi connectivity index (χ3v) is 5.64. The van der Waals surface area contributed by atoms with E-state index < -0.39 is 28.5 Å². The molecule has 1 amide bonds. The molecule has 9 heteroatoms. The molecule has 0 aliphatic carbocycles. The van der Waals surface area contributed by atoms with Crippen molar-refractivity contribution in [2.45, 2.75) is 25.2 Å². The van der Waals surface area contributed by atoms with Crippen LogP contribution in [0, 0.1) is 6.92 Å². The molecule has 0 aromatic heterocycles. The van der Waals surface area contributed by atoms with Crippen LogP contribution in [0.25, 0.3) is 0 Å². The largest absolute Gasteiger partial charge is 0.456 e. The van der Waals surface area contributed by atoms with E-state index in [1.165, 1.54) is 16.4 Å². The second-order valence-corrected chi connectivity index (χ2v) is 7.49. The number of nitrogens with zero attached hydrogens (tertiary/aromatic N) is 1. The molecule has 0 radical (unpaired) electrons. The smallest absolute Gasteiger partial charge is 0.306 e. The fraction of sp³-hybridized carbons (Fsp3) is 0.500. The van der Waals surface area contributed by atoms with Gasteiger partial charge in [0.25, 0.3) is 5.91 Å². The van der Waals surface area contributed by atoms with Crippen molar-refractivity contribution in [2.24, 2.45) is 0 Å². The number of hydrogen-bond donors (Lipinski definition) is 1. The van der Waals surface area contributed by atoms with Crippen LogP contribution in [0.1, 0.15) is 18.9 Å². The van der Waals surface area contributed by atoms with Crippen LogP contribution >= 0.6 is 0 Å². The number of amides is 1. The Morgan fingerprint density at radius 3 is 2.60 bits per heavy atom. The molecule has 2 rings (SSSR count). The second kappa shape index (κ2) is 8.41. The first kappa shape index (κ1) is 19.4. The predicted molar refractivity (Wildman–Crippen MR) is 90.6 cm³/mol. The Kier molecular flexibility index (Phi) is 6.51. The summed E-state index contributed by atoms with van der Waals surface area (Å²) in [5.41, 5.74) is 1.07. The van der Waals surface area contributed by atoms with E-state index in [9.17, 15) is 18.0 Å². The van der Waals surface area contributed by atoms with Crippen LogP contribution in [0.2, 0.25) is 0 Å². The van der Waals surface area contributed by atoms with E-state index in [1.54, 1.807) is 19.9 Å². The zero-order valence-electron chi connectivity index (χ0n) is 14.3. The number of aryl methyl sites for hydroxylation is 1. The summed E-state index contributed by atoms with van der Waals surface area (Å²) in [7, 11) is -3.65. The van der Waals surface area contributed by atoms with Crippen LogP contribution in [0.4, 0.5) is 5.69 Å². The number of carbonyl (C=O) groups is 2. The van der Waals surface area contributed by atoms with Gasteiger partial charge in [0.2, 0.25) is 10.0 Å². The lowest BCUT2D eigenvalue weighted by Gasteiger charge is -2.26. The van der Waals surface area contributed by atoms with Crippen molar-refractivity contribution in [1.29, 1.82) is 0 Å². The first-order valence-electron chi connectivity index (χ1n) is 7.98. The Bertz CT molecular complexity index is 741. The number of benzene rings is 1. The molecule has 1 fully saturated rings. The number of nitrogens with one attached hydrogen (secondary N) is 1. The molecule has 0 spiro atoms. The lowest BCUT2D eigenvalue weighted by atomic mass is 10.2. The van der Waals surface area contributed by atoms with E-state index in [4.69, 9.17) is 9.47 Å². The molecule has 138 valence electrons. The lowest BCUT2D eigenvalue weighted by Crippen LogP contribution is -2.40. The molecule has 0 saturated carbocycles. The molecular formula is C16H22N2O6S. The summed E-state index contributed by atoms with van der Waals surface area (Å²) in [6, 6.07) is 4.55. The van der Waals surface area contributed by atoms with E-state index in [0.717, 1.165) is 0 Å². The average Bonchev–Trinajstić information content (AvgIpc) is 2.62. The molecule has 25 heavy (non-hydrogen) atoms. The topological polar surface area (TPSA) is 102 Å². The van der Waals surface area contributed by atoms with Crippen molar-refractivity contribution < 1.29 is 27.5 Å². The standard InChI is InChI=1S/C16H22N2O6S/c1-3-16(20)24-11-15(19)17-14-10-13(5-4-12(14)2)25(21,22)18-6-8-23-9-7-18/h4-5,10H,3,6-9,11H2,1-2H3,(H,17,19). The number of sulfonamides is 1. The van der Waals surface area contributed by atoms with Crippen molar-refractivity contribution in [2.75, 3.05) is 38.2 Å². The molecule has 1 aromatic carbocycles. The van der Waals surface area contributed by atoms with Gasteiger partial charge in [0.05, 0.1) is 18.1 Å². The summed E-state index contributed by atoms with van der Waals surface area (Å²) in [5.74, 6) is -0.999. The quantitative estimate of drug-likeness (QED) is 0.747. The van der Waals surface area contributed by atoms with Gasteiger partial charge < -0.3 is 14.8 Å². The van der Waals surface area contributed by atoms with Gasteiger partial charge in [-0.15, -0.1) is 0 Å². The van der Waals surface area contributed by atoms with Crippen LogP contribution in [0.5, 0.6) is 0 Å². The zero-order chi connectivity index (χ0) is 18.4. The molecular weight excluding hydrogens is 348 g/mol. The van der Waals surface area contributed by atoms with Crippen molar-refractivity contribution >= 4 is 27.6 Å². The van der Waals surface area contributed by atoms with E-state index in [0.29, 0.717) is 37.6 Å². The minimum absolute atomic E-state index is 0.0980. The van der Waals surface area contributed by atoms with Crippen LogP contribution < -0.4 is 5.32 Å². The van der Waals surface area contributed by atoms with Gasteiger partial charge in [0.1, 0.15) is 0 Å². The number of morpholine rings is 1. The average molecular weight is 370 g/mol. The minimum Gasteiger partial charge on any atom is -0.456 e. The van der Waals surface area contributed by atoms with Crippen LogP contribution in [0.15, 0.2) is 23.1 Å². The molecule has 1 aliphatic heterocycles. The number of hydrogen-bond acceptors (Lipinski definition) is 6. The highest BCUT2D eigenvalue weighted by molar-refractivity contribution is 7.89. The van der Waals surface area contributed by atoms with Gasteiger partial charge in [-0.2, -0.15) is 4.31 Å². The van der Waals surface area contributed by atoms with Crippen LogP contribution in [-0.2, 0) is 29.1 Å². The Morgan fingerprint density at radius 2 is 1.96 bits per heavy atom. The number of rotatable bonds is 6. The fourth-order valence-electron chi connectivity index (χ4n) is 2.27. The van der Waals surface area contributed by atoms with Crippen molar-refractivity contribution in [3.05, 3.63) is 23.8 Å². The molecule has 8 nitrogen and oxygen atoms in total. The van der Waals surface area contributed by atoms with Gasteiger partial charge in [0, 0.05) is 25.2 Å². The van der Waals surface area contributed by atoms with E-state index in [-0.39, 0.29) is 11.3 Å². The van der Waals surface area contributed by atoms with Crippen molar-refractivity contribution in [3.8, 4) is 0 Å². The molecule has 0 atom stereocenters. The number of carbonyl (C=O) groups excluding carboxylic acids is 2. The number of ether oxygens (including phenoxy) is 2. The van der Waals surface area contributed by atoms with Crippen molar-refractivity contribution in [1.82, 2.24) is 4.31 Å². The first-order chi connectivity index (χ1) is 11.8. The summed E-state index contributed by atoms with van der Waals surface area (Å²) in [4.78, 5) is 23.1. The van der Waals surface area contributed by atoms with E-state index in [2.05, 4.69) is 5.32 Å². The summed E-state index contributed by atoms with van der Waals surface area (Å²) >= 11 is 0. The normalized spacial score (nSPS) is 15.6. The maximum absolute atomic E-state index is 12.7. The molecule has 1 N–H and O–H groups in total. The lowest BCUT2D eigenvalue weighted by molar-refractivity contribution is -0.146. The first-order valence-corrected chi connectivity index (χ1v) is 9.42. The number of esters is 1. The minimum atomic E-state index is -3.65. The molecule has 0 unspecified atom stereocenters. The van der Waals surface area contributed by atoms with Gasteiger partial charge in [-0.05, 0) is 24.6 Å². The van der Waals surface area contributed by atoms with Gasteiger partial charge in [0.15, 0.2) is 6.61 Å². The third-order valence-electron chi connectivity index (χ3n) is 3.74. The molecule has 1 heterocycles. The molecule has 1 saturated heterocycles. The zero-order valence-corrected chi connectivity index (χ0v) is 15.1. The summed E-state index contributed by atoms with van der Waals surface area (Å²) < 4.78 is 36.7. The maximum Gasteiger partial charge on any atom is 0.306 e. The third kappa shape index (κ3) is 5.00. The van der Waals surface area contributed by atoms with Crippen molar-refractivity contribution in [3.63, 3.8) is 0 Å². The number of anilines is 1. The Morgan fingerprint density at radius 1 is 1.28 bits per heavy atom. The van der Waals surface area contributed by atoms with Gasteiger partial charge in [-0.1, -0.05) is 13.0 Å². The summed E-state index contributed by atoms with van der Waals surface area (Å²) in [5, 5.41) is 2.58. The van der Waals surface area contributed by atoms with Crippen LogP contribution in [0.3, 0.4) is 0 Å². The second-order valence-electron chi connectivity index (χ2n) is 5.56. The van der Waals surface area contributed by atoms with Gasteiger partial charge in [-0.3, -0.25) is 9.59 Å². The highest BCUT2D eigenvalue weighted by Crippen LogP contribution is 2.23. The fourth-order valence-corrected chi connectivity index (χ4v) is 3.70. The van der Waals surface area contributed by atoms with Crippen LogP contribution in [-0.4, -0.2) is 57.5 Å². The van der Waals surface area contributed by atoms with Gasteiger partial charge in [-0.25, -0.2) is 8.42 Å².